The molecule has 0 fully saturated rings. The van der Waals surface area contributed by atoms with Gasteiger partial charge in [-0.1, -0.05) is 6.92 Å². The van der Waals surface area contributed by atoms with Crippen LogP contribution in [0, 0.1) is 13.8 Å². The third kappa shape index (κ3) is 3.61. The van der Waals surface area contributed by atoms with Gasteiger partial charge in [0.15, 0.2) is 5.60 Å². The molecular weight excluding hydrogens is 502 g/mol. The summed E-state index contributed by atoms with van der Waals surface area (Å²) >= 11 is 0. The average molecular weight is 532 g/mol. The van der Waals surface area contributed by atoms with E-state index in [1.54, 1.807) is 17.6 Å². The second-order valence-corrected chi connectivity index (χ2v) is 10.7. The number of ether oxygens (including phenoxy) is 1. The third-order valence-corrected chi connectivity index (χ3v) is 8.60. The Bertz CT molecular complexity index is 1690. The van der Waals surface area contributed by atoms with Crippen LogP contribution in [0.3, 0.4) is 0 Å². The van der Waals surface area contributed by atoms with Crippen LogP contribution in [0.25, 0.3) is 22.3 Å². The minimum Gasteiger partial charge on any atom is -0.481 e. The van der Waals surface area contributed by atoms with Gasteiger partial charge in [-0.3, -0.25) is 14.4 Å². The number of amides is 1. The lowest BCUT2D eigenvalue weighted by Gasteiger charge is -2.31. The molecule has 6 rings (SSSR count). The summed E-state index contributed by atoms with van der Waals surface area (Å²) in [5.41, 5.74) is 5.17. The van der Waals surface area contributed by atoms with E-state index < -0.39 is 17.5 Å². The minimum absolute atomic E-state index is 0.0528. The summed E-state index contributed by atoms with van der Waals surface area (Å²) in [7, 11) is 0. The number of aliphatic hydroxyl groups is 1. The summed E-state index contributed by atoms with van der Waals surface area (Å²) in [6, 6.07) is 3.31. The Hall–Kier alpha value is -4.05. The number of carbonyl (C=O) groups is 3. The molecule has 10 nitrogen and oxygen atoms in total. The van der Waals surface area contributed by atoms with E-state index >= 15 is 0 Å². The lowest BCUT2D eigenvalue weighted by Crippen LogP contribution is -2.44. The van der Waals surface area contributed by atoms with Gasteiger partial charge in [0.05, 0.1) is 41.5 Å². The van der Waals surface area contributed by atoms with Gasteiger partial charge in [-0.25, -0.2) is 9.78 Å². The number of rotatable bonds is 5. The Labute approximate surface area is 223 Å². The fourth-order valence-corrected chi connectivity index (χ4v) is 6.36. The van der Waals surface area contributed by atoms with E-state index in [0.717, 1.165) is 45.1 Å². The molecule has 1 aliphatic carbocycles. The number of benzene rings is 1. The Morgan fingerprint density at radius 2 is 1.95 bits per heavy atom. The molecule has 1 aromatic carbocycles. The summed E-state index contributed by atoms with van der Waals surface area (Å²) in [5, 5.41) is 24.2. The lowest BCUT2D eigenvalue weighted by atomic mass is 9.80. The Morgan fingerprint density at radius 1 is 1.18 bits per heavy atom. The second-order valence-electron chi connectivity index (χ2n) is 10.7. The van der Waals surface area contributed by atoms with Crippen LogP contribution in [0.15, 0.2) is 16.9 Å². The summed E-state index contributed by atoms with van der Waals surface area (Å²) in [5.74, 6) is -2.16. The van der Waals surface area contributed by atoms with Gasteiger partial charge >= 0.3 is 11.9 Å². The summed E-state index contributed by atoms with van der Waals surface area (Å²) < 4.78 is 6.78. The van der Waals surface area contributed by atoms with Crippen LogP contribution in [-0.2, 0) is 44.3 Å². The molecule has 2 atom stereocenters. The highest BCUT2D eigenvalue weighted by Gasteiger charge is 2.46. The number of carboxylic acids is 1. The van der Waals surface area contributed by atoms with Gasteiger partial charge in [0, 0.05) is 22.9 Å². The smallest absolute Gasteiger partial charge is 0.343 e. The Morgan fingerprint density at radius 3 is 2.67 bits per heavy atom. The maximum absolute atomic E-state index is 13.7. The van der Waals surface area contributed by atoms with Crippen molar-refractivity contribution >= 4 is 28.7 Å². The van der Waals surface area contributed by atoms with Crippen molar-refractivity contribution < 1.29 is 29.3 Å². The predicted octanol–water partition coefficient (Wildman–Crippen LogP) is 2.66. The standard InChI is InChI=1S/C29H29N3O7/c1-4-29(38)18-10-21-26-16(11-32(21)27(36)17(18)12-39-28(29)37)25-19(30-22(33)7-8-23(34)35)6-5-15-14(3)13(2)9-20(31-26)24(15)25/h9-10,19,38H,4-8,11-12H2,1-3H3,(H,30,33)(H,34,35)/t19-,29-/m0/s1. The van der Waals surface area contributed by atoms with Gasteiger partial charge in [-0.05, 0) is 67.5 Å². The van der Waals surface area contributed by atoms with Gasteiger partial charge in [0.2, 0.25) is 5.91 Å². The number of fused-ring (bicyclic) bond motifs is 5. The van der Waals surface area contributed by atoms with Crippen molar-refractivity contribution in [2.45, 2.75) is 77.7 Å². The number of nitrogens with zero attached hydrogens (tertiary/aromatic N) is 2. The number of aryl methyl sites for hydroxylation is 2. The van der Waals surface area contributed by atoms with E-state index in [1.165, 1.54) is 0 Å². The highest BCUT2D eigenvalue weighted by molar-refractivity contribution is 5.94. The zero-order valence-corrected chi connectivity index (χ0v) is 22.0. The molecule has 10 heteroatoms. The molecule has 0 spiro atoms. The van der Waals surface area contributed by atoms with Crippen LogP contribution in [0.1, 0.15) is 77.6 Å². The first-order valence-electron chi connectivity index (χ1n) is 13.2. The highest BCUT2D eigenvalue weighted by atomic mass is 16.6. The first-order valence-corrected chi connectivity index (χ1v) is 13.2. The number of nitrogens with one attached hydrogen (secondary N) is 1. The van der Waals surface area contributed by atoms with E-state index in [0.29, 0.717) is 17.8 Å². The molecule has 0 bridgehead atoms. The molecule has 2 aliphatic heterocycles. The summed E-state index contributed by atoms with van der Waals surface area (Å²) in [6.45, 7) is 5.78. The summed E-state index contributed by atoms with van der Waals surface area (Å²) in [4.78, 5) is 55.0. The van der Waals surface area contributed by atoms with Crippen LogP contribution in [0.4, 0.5) is 0 Å². The van der Waals surface area contributed by atoms with Crippen molar-refractivity contribution in [1.82, 2.24) is 14.9 Å². The minimum atomic E-state index is -1.92. The molecule has 4 heterocycles. The van der Waals surface area contributed by atoms with Crippen LogP contribution < -0.4 is 10.9 Å². The molecule has 1 amide bonds. The average Bonchev–Trinajstić information content (AvgIpc) is 3.27. The molecule has 0 saturated heterocycles. The van der Waals surface area contributed by atoms with Gasteiger partial charge in [-0.2, -0.15) is 0 Å². The molecule has 0 radical (unpaired) electrons. The van der Waals surface area contributed by atoms with Crippen molar-refractivity contribution in [3.8, 4) is 11.4 Å². The second kappa shape index (κ2) is 8.74. The van der Waals surface area contributed by atoms with Crippen LogP contribution in [0.2, 0.25) is 0 Å². The van der Waals surface area contributed by atoms with Crippen LogP contribution >= 0.6 is 0 Å². The summed E-state index contributed by atoms with van der Waals surface area (Å²) in [6.07, 6.45) is 1.02. The van der Waals surface area contributed by atoms with E-state index in [2.05, 4.69) is 12.2 Å². The largest absolute Gasteiger partial charge is 0.481 e. The Balaban J connectivity index is 1.58. The lowest BCUT2D eigenvalue weighted by molar-refractivity contribution is -0.172. The number of carbonyl (C=O) groups excluding carboxylic acids is 2. The molecule has 0 unspecified atom stereocenters. The van der Waals surface area contributed by atoms with Gasteiger partial charge in [0.1, 0.15) is 6.61 Å². The van der Waals surface area contributed by atoms with Crippen LogP contribution in [-0.4, -0.2) is 37.6 Å². The molecule has 2 aromatic heterocycles. The number of hydrogen-bond acceptors (Lipinski definition) is 7. The van der Waals surface area contributed by atoms with Crippen LogP contribution in [0.5, 0.6) is 0 Å². The zero-order valence-electron chi connectivity index (χ0n) is 22.0. The van der Waals surface area contributed by atoms with Crippen molar-refractivity contribution in [2.24, 2.45) is 0 Å². The van der Waals surface area contributed by atoms with E-state index in [4.69, 9.17) is 14.8 Å². The maximum Gasteiger partial charge on any atom is 0.343 e. The number of pyridine rings is 2. The zero-order chi connectivity index (χ0) is 27.8. The fourth-order valence-electron chi connectivity index (χ4n) is 6.36. The highest BCUT2D eigenvalue weighted by Crippen LogP contribution is 2.46. The van der Waals surface area contributed by atoms with Gasteiger partial charge in [-0.15, -0.1) is 0 Å². The van der Waals surface area contributed by atoms with E-state index in [9.17, 15) is 24.3 Å². The van der Waals surface area contributed by atoms with Crippen molar-refractivity contribution in [1.29, 1.82) is 0 Å². The van der Waals surface area contributed by atoms with Crippen molar-refractivity contribution in [3.05, 3.63) is 61.4 Å². The number of aliphatic carboxylic acids is 1. The Kier molecular flexibility index (Phi) is 5.65. The monoisotopic (exact) mass is 531 g/mol. The topological polar surface area (TPSA) is 148 Å². The number of carboxylic acid groups (broad SMARTS) is 1. The predicted molar refractivity (Wildman–Crippen MR) is 140 cm³/mol. The van der Waals surface area contributed by atoms with E-state index in [-0.39, 0.29) is 61.0 Å². The molecular formula is C29H29N3O7. The quantitative estimate of drug-likeness (QED) is 0.333. The molecule has 3 N–H and O–H groups in total. The van der Waals surface area contributed by atoms with Crippen molar-refractivity contribution in [2.75, 3.05) is 0 Å². The number of esters is 1. The molecule has 3 aliphatic rings. The first kappa shape index (κ1) is 25.2. The molecule has 39 heavy (non-hydrogen) atoms. The number of aromatic nitrogens is 2. The molecule has 0 saturated carbocycles. The molecule has 3 aromatic rings. The third-order valence-electron chi connectivity index (χ3n) is 8.60. The maximum atomic E-state index is 13.7. The molecule has 202 valence electrons. The SMILES string of the molecule is CC[C@@]1(O)C(=O)OCc2c1cc1n(c2=O)Cc2c-1nc1cc(C)c(C)c3c1c2[C@@H](NC(=O)CCC(=O)O)CC3. The van der Waals surface area contributed by atoms with Gasteiger partial charge in [0.25, 0.3) is 5.56 Å². The fraction of sp³-hybridized carbons (Fsp3) is 0.414. The normalized spacial score (nSPS) is 20.7. The van der Waals surface area contributed by atoms with E-state index in [1.807, 2.05) is 13.0 Å². The number of hydrogen-bond donors (Lipinski definition) is 3. The van der Waals surface area contributed by atoms with Crippen molar-refractivity contribution in [3.63, 3.8) is 0 Å². The first-order chi connectivity index (χ1) is 18.5. The number of cyclic esters (lactones) is 1. The van der Waals surface area contributed by atoms with Gasteiger partial charge < -0.3 is 24.8 Å².